The Hall–Kier alpha value is -0.290. The third kappa shape index (κ3) is 2.92. The van der Waals surface area contributed by atoms with Gasteiger partial charge in [0.2, 0.25) is 0 Å². The summed E-state index contributed by atoms with van der Waals surface area (Å²) in [5, 5.41) is 3.67. The Bertz CT molecular complexity index is 421. The van der Waals surface area contributed by atoms with Gasteiger partial charge in [0.1, 0.15) is 0 Å². The fourth-order valence-corrected chi connectivity index (χ4v) is 4.42. The van der Waals surface area contributed by atoms with Crippen LogP contribution in [-0.4, -0.2) is 24.7 Å². The van der Waals surface area contributed by atoms with E-state index in [0.717, 1.165) is 24.7 Å². The largest absolute Gasteiger partial charge is 0.365 e. The van der Waals surface area contributed by atoms with Crippen molar-refractivity contribution in [2.75, 3.05) is 11.4 Å². The first-order valence-electron chi connectivity index (χ1n) is 7.55. The second kappa shape index (κ2) is 6.00. The van der Waals surface area contributed by atoms with Crippen LogP contribution in [0.15, 0.2) is 24.3 Å². The average molecular weight is 370 g/mol. The van der Waals surface area contributed by atoms with Crippen molar-refractivity contribution < 1.29 is 0 Å². The molecule has 2 aliphatic rings. The zero-order valence-electron chi connectivity index (χ0n) is 11.6. The first-order chi connectivity index (χ1) is 9.28. The SMILES string of the molecule is CCNC1CC2CCCC(C1)N2c1cccc(I)c1. The normalized spacial score (nSPS) is 30.4. The van der Waals surface area contributed by atoms with E-state index in [1.165, 1.54) is 41.4 Å². The van der Waals surface area contributed by atoms with Gasteiger partial charge < -0.3 is 10.2 Å². The lowest BCUT2D eigenvalue weighted by molar-refractivity contribution is 0.247. The van der Waals surface area contributed by atoms with Crippen molar-refractivity contribution in [2.24, 2.45) is 0 Å². The van der Waals surface area contributed by atoms with Gasteiger partial charge in [-0.1, -0.05) is 13.0 Å². The highest BCUT2D eigenvalue weighted by molar-refractivity contribution is 14.1. The molecule has 2 saturated heterocycles. The first-order valence-corrected chi connectivity index (χ1v) is 8.63. The molecular formula is C16H23IN2. The number of anilines is 1. The molecule has 3 heteroatoms. The fourth-order valence-electron chi connectivity index (χ4n) is 3.90. The summed E-state index contributed by atoms with van der Waals surface area (Å²) >= 11 is 2.42. The van der Waals surface area contributed by atoms with Crippen molar-refractivity contribution in [3.05, 3.63) is 27.8 Å². The molecule has 2 bridgehead atoms. The van der Waals surface area contributed by atoms with Crippen LogP contribution >= 0.6 is 22.6 Å². The van der Waals surface area contributed by atoms with E-state index in [9.17, 15) is 0 Å². The Balaban J connectivity index is 1.82. The fraction of sp³-hybridized carbons (Fsp3) is 0.625. The minimum absolute atomic E-state index is 0.735. The molecule has 2 unspecified atom stereocenters. The Morgan fingerprint density at radius 2 is 2.00 bits per heavy atom. The molecule has 19 heavy (non-hydrogen) atoms. The number of piperidine rings is 2. The number of halogens is 1. The second-order valence-corrected chi connectivity index (χ2v) is 7.10. The third-order valence-corrected chi connectivity index (χ3v) is 5.24. The number of hydrogen-bond acceptors (Lipinski definition) is 2. The predicted octanol–water partition coefficient (Wildman–Crippen LogP) is 3.79. The van der Waals surface area contributed by atoms with E-state index < -0.39 is 0 Å². The number of benzene rings is 1. The Morgan fingerprint density at radius 3 is 2.63 bits per heavy atom. The summed E-state index contributed by atoms with van der Waals surface area (Å²) in [4.78, 5) is 2.72. The summed E-state index contributed by atoms with van der Waals surface area (Å²) in [6.45, 7) is 3.33. The smallest absolute Gasteiger partial charge is 0.0381 e. The van der Waals surface area contributed by atoms with E-state index in [1.54, 1.807) is 0 Å². The van der Waals surface area contributed by atoms with Gasteiger partial charge in [0.15, 0.2) is 0 Å². The van der Waals surface area contributed by atoms with E-state index in [-0.39, 0.29) is 0 Å². The summed E-state index contributed by atoms with van der Waals surface area (Å²) in [7, 11) is 0. The van der Waals surface area contributed by atoms with Crippen molar-refractivity contribution >= 4 is 28.3 Å². The summed E-state index contributed by atoms with van der Waals surface area (Å²) in [6, 6.07) is 11.2. The number of rotatable bonds is 3. The molecule has 1 N–H and O–H groups in total. The van der Waals surface area contributed by atoms with Crippen LogP contribution in [0.1, 0.15) is 39.0 Å². The molecule has 2 heterocycles. The molecule has 2 fully saturated rings. The number of nitrogens with zero attached hydrogens (tertiary/aromatic N) is 1. The molecule has 0 saturated carbocycles. The van der Waals surface area contributed by atoms with Gasteiger partial charge in [0.25, 0.3) is 0 Å². The molecule has 0 aromatic heterocycles. The van der Waals surface area contributed by atoms with Crippen LogP contribution in [0.25, 0.3) is 0 Å². The average Bonchev–Trinajstić information content (AvgIpc) is 2.38. The summed E-state index contributed by atoms with van der Waals surface area (Å²) < 4.78 is 1.35. The third-order valence-electron chi connectivity index (χ3n) is 4.57. The summed E-state index contributed by atoms with van der Waals surface area (Å²) in [5.74, 6) is 0. The van der Waals surface area contributed by atoms with Crippen molar-refractivity contribution in [3.8, 4) is 0 Å². The van der Waals surface area contributed by atoms with Crippen molar-refractivity contribution in [3.63, 3.8) is 0 Å². The van der Waals surface area contributed by atoms with Crippen LogP contribution in [0.2, 0.25) is 0 Å². The maximum atomic E-state index is 3.67. The van der Waals surface area contributed by atoms with Crippen molar-refractivity contribution in [1.82, 2.24) is 5.32 Å². The van der Waals surface area contributed by atoms with Crippen LogP contribution in [0.5, 0.6) is 0 Å². The molecule has 0 spiro atoms. The van der Waals surface area contributed by atoms with E-state index in [2.05, 4.69) is 64.0 Å². The number of nitrogens with one attached hydrogen (secondary N) is 1. The number of hydrogen-bond donors (Lipinski definition) is 1. The van der Waals surface area contributed by atoms with Crippen molar-refractivity contribution in [2.45, 2.75) is 57.2 Å². The second-order valence-electron chi connectivity index (χ2n) is 5.85. The van der Waals surface area contributed by atoms with E-state index in [0.29, 0.717) is 0 Å². The maximum absolute atomic E-state index is 3.67. The number of fused-ring (bicyclic) bond motifs is 2. The lowest BCUT2D eigenvalue weighted by atomic mass is 9.81. The van der Waals surface area contributed by atoms with Crippen LogP contribution in [0.3, 0.4) is 0 Å². The lowest BCUT2D eigenvalue weighted by Gasteiger charge is -2.50. The highest BCUT2D eigenvalue weighted by atomic mass is 127. The standard InChI is InChI=1S/C16H23IN2/c1-2-18-13-10-15-7-4-8-16(11-13)19(15)14-6-3-5-12(17)9-14/h3,5-6,9,13,15-16,18H,2,4,7-8,10-11H2,1H3. The van der Waals surface area contributed by atoms with Crippen LogP contribution in [0, 0.1) is 3.57 Å². The van der Waals surface area contributed by atoms with Crippen LogP contribution in [0.4, 0.5) is 5.69 Å². The van der Waals surface area contributed by atoms with Gasteiger partial charge in [0, 0.05) is 27.4 Å². The van der Waals surface area contributed by atoms with Gasteiger partial charge >= 0.3 is 0 Å². The minimum Gasteiger partial charge on any atom is -0.365 e. The zero-order valence-corrected chi connectivity index (χ0v) is 13.8. The molecular weight excluding hydrogens is 347 g/mol. The molecule has 3 rings (SSSR count). The first kappa shape index (κ1) is 13.7. The predicted molar refractivity (Wildman–Crippen MR) is 89.8 cm³/mol. The van der Waals surface area contributed by atoms with E-state index >= 15 is 0 Å². The quantitative estimate of drug-likeness (QED) is 0.815. The molecule has 2 atom stereocenters. The van der Waals surface area contributed by atoms with Crippen molar-refractivity contribution in [1.29, 1.82) is 0 Å². The van der Waals surface area contributed by atoms with Crippen LogP contribution in [-0.2, 0) is 0 Å². The molecule has 1 aromatic rings. The molecule has 104 valence electrons. The van der Waals surface area contributed by atoms with E-state index in [1.807, 2.05) is 0 Å². The lowest BCUT2D eigenvalue weighted by Crippen LogP contribution is -2.56. The summed E-state index contributed by atoms with van der Waals surface area (Å²) in [6.07, 6.45) is 6.77. The highest BCUT2D eigenvalue weighted by Gasteiger charge is 2.37. The molecule has 1 aromatic carbocycles. The molecule has 2 aliphatic heterocycles. The van der Waals surface area contributed by atoms with Gasteiger partial charge in [-0.05, 0) is 79.4 Å². The molecule has 0 aliphatic carbocycles. The molecule has 2 nitrogen and oxygen atoms in total. The highest BCUT2D eigenvalue weighted by Crippen LogP contribution is 2.38. The topological polar surface area (TPSA) is 15.3 Å². The van der Waals surface area contributed by atoms with Gasteiger partial charge in [-0.2, -0.15) is 0 Å². The maximum Gasteiger partial charge on any atom is 0.0381 e. The van der Waals surface area contributed by atoms with Gasteiger partial charge in [-0.25, -0.2) is 0 Å². The summed E-state index contributed by atoms with van der Waals surface area (Å²) in [5.41, 5.74) is 1.44. The van der Waals surface area contributed by atoms with Gasteiger partial charge in [-0.15, -0.1) is 0 Å². The van der Waals surface area contributed by atoms with Gasteiger partial charge in [-0.3, -0.25) is 0 Å². The Morgan fingerprint density at radius 1 is 1.26 bits per heavy atom. The Kier molecular flexibility index (Phi) is 4.32. The monoisotopic (exact) mass is 370 g/mol. The zero-order chi connectivity index (χ0) is 13.2. The van der Waals surface area contributed by atoms with E-state index in [4.69, 9.17) is 0 Å². The molecule has 0 radical (unpaired) electrons. The van der Waals surface area contributed by atoms with Gasteiger partial charge in [0.05, 0.1) is 0 Å². The Labute approximate surface area is 130 Å². The minimum atomic E-state index is 0.735. The molecule has 0 amide bonds. The van der Waals surface area contributed by atoms with Crippen LogP contribution < -0.4 is 10.2 Å².